The van der Waals surface area contributed by atoms with Crippen molar-refractivity contribution in [1.29, 1.82) is 5.41 Å². The molecule has 0 aromatic heterocycles. The second-order valence-corrected chi connectivity index (χ2v) is 10.5. The fourth-order valence-electron chi connectivity index (χ4n) is 4.78. The van der Waals surface area contributed by atoms with Crippen LogP contribution >= 0.6 is 11.8 Å². The molecule has 1 saturated carbocycles. The molecule has 39 heavy (non-hydrogen) atoms. The van der Waals surface area contributed by atoms with E-state index in [9.17, 15) is 4.79 Å². The Kier molecular flexibility index (Phi) is 8.46. The molecular formula is C30H32N4O4S. The lowest BCUT2D eigenvalue weighted by molar-refractivity contribution is -0.114. The number of methoxy groups -OCH3 is 1. The molecule has 0 spiro atoms. The van der Waals surface area contributed by atoms with Crippen molar-refractivity contribution < 1.29 is 19.0 Å². The molecule has 1 amide bonds. The van der Waals surface area contributed by atoms with Crippen molar-refractivity contribution in [2.75, 3.05) is 20.3 Å². The molecule has 2 aromatic rings. The van der Waals surface area contributed by atoms with Crippen LogP contribution < -0.4 is 14.2 Å². The van der Waals surface area contributed by atoms with E-state index in [2.05, 4.69) is 16.7 Å². The number of thioether (sulfide) groups is 1. The molecule has 0 atom stereocenters. The molecule has 1 aliphatic carbocycles. The van der Waals surface area contributed by atoms with Gasteiger partial charge < -0.3 is 14.2 Å². The maximum absolute atomic E-state index is 12.8. The number of amidine groups is 2. The average molecular weight is 545 g/mol. The number of rotatable bonds is 10. The van der Waals surface area contributed by atoms with Gasteiger partial charge in [-0.25, -0.2) is 0 Å². The number of hydrazone groups is 1. The van der Waals surface area contributed by atoms with Crippen LogP contribution in [0.5, 0.6) is 17.2 Å². The van der Waals surface area contributed by atoms with E-state index in [1.807, 2.05) is 48.5 Å². The van der Waals surface area contributed by atoms with Crippen LogP contribution in [0.4, 0.5) is 0 Å². The van der Waals surface area contributed by atoms with Gasteiger partial charge in [0.05, 0.1) is 12.7 Å². The number of hydrogen-bond acceptors (Lipinski definition) is 7. The molecule has 0 saturated heterocycles. The molecule has 0 radical (unpaired) electrons. The van der Waals surface area contributed by atoms with Crippen LogP contribution in [0.2, 0.25) is 0 Å². The summed E-state index contributed by atoms with van der Waals surface area (Å²) in [4.78, 5) is 17.0. The van der Waals surface area contributed by atoms with Crippen molar-refractivity contribution >= 4 is 39.8 Å². The third-order valence-electron chi connectivity index (χ3n) is 6.83. The maximum atomic E-state index is 12.8. The number of fused-ring (bicyclic) bond motifs is 1. The predicted octanol–water partition coefficient (Wildman–Crippen LogP) is 6.08. The highest BCUT2D eigenvalue weighted by atomic mass is 32.2. The standard InChI is InChI=1S/C30H32N4O4S/c1-3-7-20-12-15-25(26(19-20)36-2)38-17-16-37-23-13-10-21(11-14-23)18-24-27(31)34-30(32-28(24)35)39-29(33-34)22-8-5-4-6-9-22/h3,10-15,18-19,22,31H,1,4-9,16-17H2,2H3/b24-18-,31-27?. The number of allylic oxidation sites excluding steroid dienone is 1. The van der Waals surface area contributed by atoms with Crippen LogP contribution in [0.3, 0.4) is 0 Å². The zero-order chi connectivity index (χ0) is 27.2. The van der Waals surface area contributed by atoms with E-state index in [0.717, 1.165) is 35.4 Å². The van der Waals surface area contributed by atoms with Crippen LogP contribution in [-0.4, -0.2) is 47.3 Å². The Morgan fingerprint density at radius 3 is 2.59 bits per heavy atom. The van der Waals surface area contributed by atoms with Gasteiger partial charge in [0.15, 0.2) is 17.3 Å². The Bertz CT molecular complexity index is 1340. The summed E-state index contributed by atoms with van der Waals surface area (Å²) in [5.74, 6) is 2.06. The molecule has 5 rings (SSSR count). The van der Waals surface area contributed by atoms with Gasteiger partial charge in [-0.15, -0.1) is 6.58 Å². The van der Waals surface area contributed by atoms with Crippen molar-refractivity contribution in [3.8, 4) is 17.2 Å². The van der Waals surface area contributed by atoms with Gasteiger partial charge >= 0.3 is 0 Å². The number of hydrogen-bond donors (Lipinski definition) is 1. The molecule has 3 aliphatic rings. The third kappa shape index (κ3) is 6.25. The first-order valence-corrected chi connectivity index (χ1v) is 14.0. The summed E-state index contributed by atoms with van der Waals surface area (Å²) in [6.07, 6.45) is 10.2. The van der Waals surface area contributed by atoms with E-state index in [1.165, 1.54) is 36.0 Å². The zero-order valence-corrected chi connectivity index (χ0v) is 22.8. The van der Waals surface area contributed by atoms with Crippen LogP contribution in [0.25, 0.3) is 6.08 Å². The van der Waals surface area contributed by atoms with Crippen LogP contribution in [0.15, 0.2) is 70.8 Å². The number of carbonyl (C=O) groups is 1. The maximum Gasteiger partial charge on any atom is 0.283 e. The lowest BCUT2D eigenvalue weighted by Gasteiger charge is -2.20. The summed E-state index contributed by atoms with van der Waals surface area (Å²) in [6, 6.07) is 13.2. The third-order valence-corrected chi connectivity index (χ3v) is 7.90. The largest absolute Gasteiger partial charge is 0.493 e. The highest BCUT2D eigenvalue weighted by molar-refractivity contribution is 8.27. The van der Waals surface area contributed by atoms with Crippen molar-refractivity contribution in [2.45, 2.75) is 38.5 Å². The number of carbonyl (C=O) groups excluding carboxylic acids is 1. The number of nitrogens with zero attached hydrogens (tertiary/aromatic N) is 3. The van der Waals surface area contributed by atoms with E-state index in [-0.39, 0.29) is 11.4 Å². The molecule has 0 bridgehead atoms. The molecule has 1 N–H and O–H groups in total. The number of benzene rings is 2. The summed E-state index contributed by atoms with van der Waals surface area (Å²) >= 11 is 1.43. The average Bonchev–Trinajstić information content (AvgIpc) is 3.39. The Hall–Kier alpha value is -3.85. The summed E-state index contributed by atoms with van der Waals surface area (Å²) in [7, 11) is 1.62. The van der Waals surface area contributed by atoms with Gasteiger partial charge in [-0.2, -0.15) is 15.1 Å². The van der Waals surface area contributed by atoms with E-state index < -0.39 is 5.91 Å². The van der Waals surface area contributed by atoms with Gasteiger partial charge in [-0.1, -0.05) is 43.5 Å². The number of nitrogens with one attached hydrogen (secondary N) is 1. The summed E-state index contributed by atoms with van der Waals surface area (Å²) in [5, 5.41) is 16.3. The van der Waals surface area contributed by atoms with E-state index in [1.54, 1.807) is 13.2 Å². The van der Waals surface area contributed by atoms with Crippen molar-refractivity contribution in [1.82, 2.24) is 5.01 Å². The number of aliphatic imine (C=N–C) groups is 1. The molecule has 2 aromatic carbocycles. The molecule has 8 nitrogen and oxygen atoms in total. The first-order valence-electron chi connectivity index (χ1n) is 13.2. The lowest BCUT2D eigenvalue weighted by atomic mass is 9.90. The van der Waals surface area contributed by atoms with Crippen LogP contribution in [0, 0.1) is 11.3 Å². The molecule has 0 unspecified atom stereocenters. The van der Waals surface area contributed by atoms with E-state index in [0.29, 0.717) is 41.5 Å². The summed E-state index contributed by atoms with van der Waals surface area (Å²) in [6.45, 7) is 4.47. The van der Waals surface area contributed by atoms with E-state index in [4.69, 9.17) is 19.6 Å². The minimum Gasteiger partial charge on any atom is -0.493 e. The Morgan fingerprint density at radius 1 is 1.08 bits per heavy atom. The minimum atomic E-state index is -0.413. The molecule has 202 valence electrons. The van der Waals surface area contributed by atoms with Crippen LogP contribution in [-0.2, 0) is 11.2 Å². The topological polar surface area (TPSA) is 96.6 Å². The first kappa shape index (κ1) is 26.7. The van der Waals surface area contributed by atoms with Gasteiger partial charge in [0.2, 0.25) is 5.17 Å². The fourth-order valence-corrected chi connectivity index (χ4v) is 5.84. The second kappa shape index (κ2) is 12.3. The smallest absolute Gasteiger partial charge is 0.283 e. The van der Waals surface area contributed by atoms with Gasteiger partial charge in [0.1, 0.15) is 24.0 Å². The van der Waals surface area contributed by atoms with Gasteiger partial charge in [0, 0.05) is 5.92 Å². The predicted molar refractivity (Wildman–Crippen MR) is 156 cm³/mol. The Labute approximate surface area is 232 Å². The summed E-state index contributed by atoms with van der Waals surface area (Å²) < 4.78 is 17.1. The van der Waals surface area contributed by atoms with Crippen molar-refractivity contribution in [3.63, 3.8) is 0 Å². The van der Waals surface area contributed by atoms with Crippen LogP contribution in [0.1, 0.15) is 43.2 Å². The van der Waals surface area contributed by atoms with Gasteiger partial charge in [-0.3, -0.25) is 10.2 Å². The fraction of sp³-hybridized carbons (Fsp3) is 0.333. The van der Waals surface area contributed by atoms with E-state index >= 15 is 0 Å². The lowest BCUT2D eigenvalue weighted by Crippen LogP contribution is -2.35. The SMILES string of the molecule is C=CCc1ccc(OCCOc2ccc(/C=C3/C(=N)N4N=C(C5CCCCC5)SC4=NC3=O)cc2)c(OC)c1. The number of amides is 1. The molecule has 1 fully saturated rings. The highest BCUT2D eigenvalue weighted by Crippen LogP contribution is 2.36. The van der Waals surface area contributed by atoms with Gasteiger partial charge in [0.25, 0.3) is 5.91 Å². The second-order valence-electron chi connectivity index (χ2n) is 9.54. The number of ether oxygens (including phenoxy) is 3. The Morgan fingerprint density at radius 2 is 1.85 bits per heavy atom. The first-order chi connectivity index (χ1) is 19.1. The zero-order valence-electron chi connectivity index (χ0n) is 22.0. The minimum absolute atomic E-state index is 0.0636. The quantitative estimate of drug-likeness (QED) is 0.221. The normalized spacial score (nSPS) is 18.5. The highest BCUT2D eigenvalue weighted by Gasteiger charge is 2.37. The van der Waals surface area contributed by atoms with Gasteiger partial charge in [-0.05, 0) is 72.5 Å². The molecule has 2 heterocycles. The molecular weight excluding hydrogens is 512 g/mol. The van der Waals surface area contributed by atoms with Crippen molar-refractivity contribution in [3.05, 3.63) is 71.8 Å². The summed E-state index contributed by atoms with van der Waals surface area (Å²) in [5.41, 5.74) is 2.11. The Balaban J connectivity index is 1.17. The molecule has 9 heteroatoms. The van der Waals surface area contributed by atoms with Crippen molar-refractivity contribution in [2.24, 2.45) is 16.0 Å². The monoisotopic (exact) mass is 544 g/mol. The molecule has 2 aliphatic heterocycles.